The topological polar surface area (TPSA) is 59.2 Å². The molecule has 1 aliphatic heterocycles. The fourth-order valence-electron chi connectivity index (χ4n) is 2.94. The van der Waals surface area contributed by atoms with Gasteiger partial charge in [-0.05, 0) is 37.4 Å². The summed E-state index contributed by atoms with van der Waals surface area (Å²) in [4.78, 5) is 18.9. The zero-order valence-corrected chi connectivity index (χ0v) is 11.5. The molecule has 2 N–H and O–H groups in total. The number of nitrogens with two attached hydrogens (primary N) is 1. The van der Waals surface area contributed by atoms with Crippen LogP contribution in [0, 0.1) is 5.92 Å². The summed E-state index contributed by atoms with van der Waals surface area (Å²) in [7, 11) is 0. The Morgan fingerprint density at radius 2 is 2.20 bits per heavy atom. The van der Waals surface area contributed by atoms with Crippen LogP contribution in [-0.2, 0) is 0 Å². The summed E-state index contributed by atoms with van der Waals surface area (Å²) < 4.78 is 0. The van der Waals surface area contributed by atoms with E-state index in [2.05, 4.69) is 4.98 Å². The lowest BCUT2D eigenvalue weighted by Gasteiger charge is -2.17. The number of hydrogen-bond donors (Lipinski definition) is 1. The third-order valence-electron chi connectivity index (χ3n) is 4.03. The van der Waals surface area contributed by atoms with Gasteiger partial charge in [0.25, 0.3) is 5.91 Å². The highest BCUT2D eigenvalue weighted by Crippen LogP contribution is 2.23. The molecule has 104 valence electrons. The van der Waals surface area contributed by atoms with E-state index in [-0.39, 0.29) is 5.91 Å². The fourth-order valence-corrected chi connectivity index (χ4v) is 2.94. The molecule has 1 fully saturated rings. The number of rotatable bonds is 3. The average molecular weight is 269 g/mol. The molecule has 1 saturated heterocycles. The van der Waals surface area contributed by atoms with Gasteiger partial charge in [-0.2, -0.15) is 0 Å². The fraction of sp³-hybridized carbons (Fsp3) is 0.375. The van der Waals surface area contributed by atoms with Crippen molar-refractivity contribution in [3.63, 3.8) is 0 Å². The Hall–Kier alpha value is -1.94. The van der Waals surface area contributed by atoms with Crippen molar-refractivity contribution in [2.24, 2.45) is 11.7 Å². The van der Waals surface area contributed by atoms with Gasteiger partial charge in [0.05, 0.1) is 11.1 Å². The number of hydrogen-bond acceptors (Lipinski definition) is 3. The molecule has 0 bridgehead atoms. The molecule has 1 aliphatic rings. The summed E-state index contributed by atoms with van der Waals surface area (Å²) in [6.45, 7) is 2.36. The first kappa shape index (κ1) is 13.1. The molecule has 1 aromatic heterocycles. The van der Waals surface area contributed by atoms with Gasteiger partial charge in [0.1, 0.15) is 0 Å². The molecule has 20 heavy (non-hydrogen) atoms. The molecule has 0 aliphatic carbocycles. The van der Waals surface area contributed by atoms with Crippen LogP contribution in [0.5, 0.6) is 0 Å². The quantitative estimate of drug-likeness (QED) is 0.927. The molecular weight excluding hydrogens is 250 g/mol. The highest BCUT2D eigenvalue weighted by molar-refractivity contribution is 6.06. The molecule has 0 saturated carbocycles. The van der Waals surface area contributed by atoms with Crippen molar-refractivity contribution in [3.8, 4) is 0 Å². The molecule has 1 unspecified atom stereocenters. The number of nitrogens with zero attached hydrogens (tertiary/aromatic N) is 2. The molecule has 4 nitrogen and oxygen atoms in total. The number of likely N-dealkylation sites (tertiary alicyclic amines) is 1. The summed E-state index contributed by atoms with van der Waals surface area (Å²) in [6.07, 6.45) is 3.77. The average Bonchev–Trinajstić information content (AvgIpc) is 2.95. The third-order valence-corrected chi connectivity index (χ3v) is 4.03. The van der Waals surface area contributed by atoms with Crippen molar-refractivity contribution < 1.29 is 4.79 Å². The number of benzene rings is 1. The van der Waals surface area contributed by atoms with Crippen molar-refractivity contribution in [1.82, 2.24) is 9.88 Å². The summed E-state index contributed by atoms with van der Waals surface area (Å²) in [5, 5.41) is 0.933. The highest BCUT2D eigenvalue weighted by Gasteiger charge is 2.27. The Morgan fingerprint density at radius 3 is 3.05 bits per heavy atom. The largest absolute Gasteiger partial charge is 0.338 e. The van der Waals surface area contributed by atoms with E-state index in [0.717, 1.165) is 42.4 Å². The minimum absolute atomic E-state index is 0.114. The molecule has 1 amide bonds. The van der Waals surface area contributed by atoms with Crippen molar-refractivity contribution in [3.05, 3.63) is 42.1 Å². The molecule has 1 atom stereocenters. The van der Waals surface area contributed by atoms with Gasteiger partial charge in [0.2, 0.25) is 0 Å². The molecule has 3 rings (SSSR count). The van der Waals surface area contributed by atoms with Crippen LogP contribution >= 0.6 is 0 Å². The second kappa shape index (κ2) is 5.59. The van der Waals surface area contributed by atoms with Gasteiger partial charge in [-0.15, -0.1) is 0 Å². The lowest BCUT2D eigenvalue weighted by Crippen LogP contribution is -2.29. The normalized spacial score (nSPS) is 18.6. The van der Waals surface area contributed by atoms with E-state index in [1.807, 2.05) is 35.2 Å². The predicted molar refractivity (Wildman–Crippen MR) is 79.4 cm³/mol. The van der Waals surface area contributed by atoms with Crippen LogP contribution in [0.1, 0.15) is 23.2 Å². The Balaban J connectivity index is 1.86. The summed E-state index contributed by atoms with van der Waals surface area (Å²) in [5.41, 5.74) is 7.23. The molecule has 0 spiro atoms. The van der Waals surface area contributed by atoms with Crippen LogP contribution in [0.15, 0.2) is 36.5 Å². The van der Waals surface area contributed by atoms with E-state index in [1.54, 1.807) is 6.20 Å². The van der Waals surface area contributed by atoms with Gasteiger partial charge in [-0.1, -0.05) is 18.2 Å². The third kappa shape index (κ3) is 2.39. The number of para-hydroxylation sites is 1. The zero-order valence-electron chi connectivity index (χ0n) is 11.5. The smallest absolute Gasteiger partial charge is 0.254 e. The number of aromatic nitrogens is 1. The van der Waals surface area contributed by atoms with Crippen molar-refractivity contribution in [2.75, 3.05) is 19.6 Å². The molecule has 4 heteroatoms. The van der Waals surface area contributed by atoms with Gasteiger partial charge in [-0.3, -0.25) is 9.78 Å². The minimum atomic E-state index is 0.114. The Morgan fingerprint density at radius 1 is 1.35 bits per heavy atom. The maximum absolute atomic E-state index is 12.7. The number of pyridine rings is 1. The Kier molecular flexibility index (Phi) is 3.65. The monoisotopic (exact) mass is 269 g/mol. The standard InChI is InChI=1S/C16H19N3O/c17-8-5-12-7-10-19(11-12)16(20)14-6-9-18-15-4-2-1-3-13(14)15/h1-4,6,9,12H,5,7-8,10-11,17H2. The molecular formula is C16H19N3O. The SMILES string of the molecule is NCCC1CCN(C(=O)c2ccnc3ccccc23)C1. The van der Waals surface area contributed by atoms with Gasteiger partial charge in [0, 0.05) is 24.7 Å². The molecule has 1 aromatic carbocycles. The van der Waals surface area contributed by atoms with Gasteiger partial charge < -0.3 is 10.6 Å². The summed E-state index contributed by atoms with van der Waals surface area (Å²) in [5.74, 6) is 0.667. The van der Waals surface area contributed by atoms with E-state index in [4.69, 9.17) is 5.73 Å². The minimum Gasteiger partial charge on any atom is -0.338 e. The van der Waals surface area contributed by atoms with Crippen molar-refractivity contribution in [1.29, 1.82) is 0 Å². The summed E-state index contributed by atoms with van der Waals surface area (Å²) >= 11 is 0. The Labute approximate surface area is 118 Å². The van der Waals surface area contributed by atoms with E-state index in [0.29, 0.717) is 12.5 Å². The van der Waals surface area contributed by atoms with Crippen LogP contribution in [-0.4, -0.2) is 35.4 Å². The van der Waals surface area contributed by atoms with E-state index in [1.165, 1.54) is 0 Å². The first-order valence-corrected chi connectivity index (χ1v) is 7.12. The maximum atomic E-state index is 12.7. The zero-order chi connectivity index (χ0) is 13.9. The maximum Gasteiger partial charge on any atom is 0.254 e. The van der Waals surface area contributed by atoms with E-state index in [9.17, 15) is 4.79 Å². The number of amides is 1. The lowest BCUT2D eigenvalue weighted by molar-refractivity contribution is 0.0788. The lowest BCUT2D eigenvalue weighted by atomic mass is 10.1. The first-order valence-electron chi connectivity index (χ1n) is 7.12. The number of carbonyl (C=O) groups excluding carboxylic acids is 1. The van der Waals surface area contributed by atoms with Gasteiger partial charge in [0.15, 0.2) is 0 Å². The van der Waals surface area contributed by atoms with Crippen LogP contribution in [0.4, 0.5) is 0 Å². The van der Waals surface area contributed by atoms with Gasteiger partial charge >= 0.3 is 0 Å². The predicted octanol–water partition coefficient (Wildman–Crippen LogP) is 2.05. The van der Waals surface area contributed by atoms with E-state index >= 15 is 0 Å². The van der Waals surface area contributed by atoms with Crippen molar-refractivity contribution in [2.45, 2.75) is 12.8 Å². The van der Waals surface area contributed by atoms with Crippen LogP contribution < -0.4 is 5.73 Å². The second-order valence-electron chi connectivity index (χ2n) is 5.36. The molecule has 0 radical (unpaired) electrons. The van der Waals surface area contributed by atoms with Crippen LogP contribution in [0.2, 0.25) is 0 Å². The van der Waals surface area contributed by atoms with Crippen LogP contribution in [0.3, 0.4) is 0 Å². The molecule has 2 heterocycles. The van der Waals surface area contributed by atoms with Gasteiger partial charge in [-0.25, -0.2) is 0 Å². The van der Waals surface area contributed by atoms with Crippen molar-refractivity contribution >= 4 is 16.8 Å². The molecule has 2 aromatic rings. The summed E-state index contributed by atoms with van der Waals surface area (Å²) in [6, 6.07) is 9.61. The first-order chi connectivity index (χ1) is 9.79. The number of carbonyl (C=O) groups is 1. The second-order valence-corrected chi connectivity index (χ2v) is 5.36. The van der Waals surface area contributed by atoms with Crippen LogP contribution in [0.25, 0.3) is 10.9 Å². The Bertz CT molecular complexity index is 621. The van der Waals surface area contributed by atoms with E-state index < -0.39 is 0 Å². The number of fused-ring (bicyclic) bond motifs is 1. The highest BCUT2D eigenvalue weighted by atomic mass is 16.2.